The molecular weight excluding hydrogens is 162 g/mol. The maximum Gasteiger partial charge on any atom is 0.516 e. The Morgan fingerprint density at radius 1 is 1.45 bits per heavy atom. The van der Waals surface area contributed by atoms with Crippen LogP contribution in [0.4, 0.5) is 13.6 Å². The topological polar surface area (TPSA) is 52.6 Å². The summed E-state index contributed by atoms with van der Waals surface area (Å²) in [6, 6.07) is 0. The predicted molar refractivity (Wildman–Crippen MR) is 29.1 cm³/mol. The van der Waals surface area contributed by atoms with E-state index in [0.717, 1.165) is 0 Å². The molecule has 0 unspecified atom stereocenters. The minimum Gasteiger partial charge on any atom is -0.434 e. The Balaban J connectivity index is 3.67. The van der Waals surface area contributed by atoms with Gasteiger partial charge in [-0.15, -0.1) is 0 Å². The van der Waals surface area contributed by atoms with Crippen molar-refractivity contribution in [3.63, 3.8) is 0 Å². The maximum absolute atomic E-state index is 11.3. The van der Waals surface area contributed by atoms with Crippen molar-refractivity contribution in [3.8, 4) is 0 Å². The Morgan fingerprint density at radius 3 is 2.36 bits per heavy atom. The van der Waals surface area contributed by atoms with Gasteiger partial charge in [-0.3, -0.25) is 0 Å². The van der Waals surface area contributed by atoms with Crippen molar-refractivity contribution in [1.82, 2.24) is 0 Å². The number of rotatable bonds is 2. The summed E-state index contributed by atoms with van der Waals surface area (Å²) in [6.07, 6.45) is -4.71. The number of hydrogen-bond acceptors (Lipinski definition) is 4. The summed E-state index contributed by atoms with van der Waals surface area (Å²) >= 11 is 0. The molecule has 0 aromatic heterocycles. The van der Waals surface area contributed by atoms with Crippen molar-refractivity contribution < 1.29 is 27.8 Å². The van der Waals surface area contributed by atoms with Crippen LogP contribution < -0.4 is 0 Å². The van der Waals surface area contributed by atoms with E-state index < -0.39 is 18.6 Å². The Hall–Kier alpha value is -1.20. The van der Waals surface area contributed by atoms with E-state index in [4.69, 9.17) is 0 Å². The van der Waals surface area contributed by atoms with E-state index in [1.54, 1.807) is 0 Å². The summed E-state index contributed by atoms with van der Waals surface area (Å²) in [6.45, 7) is 1.42. The first-order valence-electron chi connectivity index (χ1n) is 2.74. The van der Waals surface area contributed by atoms with Crippen molar-refractivity contribution in [2.24, 2.45) is 0 Å². The van der Waals surface area contributed by atoms with Crippen LogP contribution in [0.25, 0.3) is 0 Å². The van der Waals surface area contributed by atoms with Gasteiger partial charge in [-0.25, -0.2) is 9.59 Å². The second kappa shape index (κ2) is 4.59. The molecule has 0 bridgehead atoms. The fourth-order valence-electron chi connectivity index (χ4n) is 0.274. The lowest BCUT2D eigenvalue weighted by Crippen LogP contribution is -2.19. The van der Waals surface area contributed by atoms with Crippen molar-refractivity contribution in [2.75, 3.05) is 6.61 Å². The number of ether oxygens (including phenoxy) is 2. The van der Waals surface area contributed by atoms with Crippen LogP contribution in [0.1, 0.15) is 6.92 Å². The van der Waals surface area contributed by atoms with Gasteiger partial charge in [-0.05, 0) is 6.92 Å². The van der Waals surface area contributed by atoms with Crippen LogP contribution in [0.15, 0.2) is 0 Å². The fourth-order valence-corrected chi connectivity index (χ4v) is 0.274. The molecule has 0 saturated heterocycles. The maximum atomic E-state index is 11.3. The Kier molecular flexibility index (Phi) is 4.09. The quantitative estimate of drug-likeness (QED) is 0.455. The molecule has 11 heavy (non-hydrogen) atoms. The van der Waals surface area contributed by atoms with E-state index in [1.807, 2.05) is 0 Å². The van der Waals surface area contributed by atoms with E-state index >= 15 is 0 Å². The van der Waals surface area contributed by atoms with E-state index in [1.165, 1.54) is 6.92 Å². The summed E-state index contributed by atoms with van der Waals surface area (Å²) < 4.78 is 30.2. The minimum absolute atomic E-state index is 0.0324. The van der Waals surface area contributed by atoms with E-state index in [0.29, 0.717) is 0 Å². The van der Waals surface area contributed by atoms with Crippen LogP contribution in [0, 0.1) is 0 Å². The largest absolute Gasteiger partial charge is 0.516 e. The van der Waals surface area contributed by atoms with Gasteiger partial charge in [0.1, 0.15) is 0 Å². The first-order valence-corrected chi connectivity index (χ1v) is 2.74. The smallest absolute Gasteiger partial charge is 0.434 e. The van der Waals surface area contributed by atoms with Gasteiger partial charge in [0.2, 0.25) is 0 Å². The molecule has 0 radical (unpaired) electrons. The van der Waals surface area contributed by atoms with Crippen LogP contribution in [0.5, 0.6) is 0 Å². The van der Waals surface area contributed by atoms with E-state index in [9.17, 15) is 18.4 Å². The molecule has 0 N–H and O–H groups in total. The molecule has 0 heterocycles. The van der Waals surface area contributed by atoms with Crippen molar-refractivity contribution in [1.29, 1.82) is 0 Å². The summed E-state index contributed by atoms with van der Waals surface area (Å²) in [7, 11) is 0. The summed E-state index contributed by atoms with van der Waals surface area (Å²) in [4.78, 5) is 20.1. The SMILES string of the molecule is CCOC(=O)OC(=O)C(F)F. The average Bonchev–Trinajstić information content (AvgIpc) is 1.87. The molecule has 0 rings (SSSR count). The van der Waals surface area contributed by atoms with Gasteiger partial charge in [0.15, 0.2) is 0 Å². The molecule has 6 heteroatoms. The summed E-state index contributed by atoms with van der Waals surface area (Å²) in [5, 5.41) is 0. The highest BCUT2D eigenvalue weighted by Gasteiger charge is 2.21. The standard InChI is InChI=1S/C5H6F2O4/c1-2-10-5(9)11-4(8)3(6)7/h3H,2H2,1H3. The zero-order valence-corrected chi connectivity index (χ0v) is 5.67. The number of alkyl halides is 2. The number of hydrogen-bond donors (Lipinski definition) is 0. The first-order chi connectivity index (χ1) is 5.07. The van der Waals surface area contributed by atoms with Crippen LogP contribution in [-0.2, 0) is 14.3 Å². The zero-order valence-electron chi connectivity index (χ0n) is 5.67. The lowest BCUT2D eigenvalue weighted by atomic mass is 10.7. The van der Waals surface area contributed by atoms with Crippen LogP contribution >= 0.6 is 0 Å². The third-order valence-corrected chi connectivity index (χ3v) is 0.624. The number of carbonyl (C=O) groups excluding carboxylic acids is 2. The molecule has 4 nitrogen and oxygen atoms in total. The van der Waals surface area contributed by atoms with Crippen LogP contribution in [0.3, 0.4) is 0 Å². The molecule has 0 aliphatic carbocycles. The molecule has 64 valence electrons. The molecule has 0 atom stereocenters. The first kappa shape index (κ1) is 9.80. The van der Waals surface area contributed by atoms with Gasteiger partial charge in [-0.2, -0.15) is 8.78 Å². The van der Waals surface area contributed by atoms with Crippen LogP contribution in [0.2, 0.25) is 0 Å². The lowest BCUT2D eigenvalue weighted by Gasteiger charge is -2.00. The molecule has 0 spiro atoms. The lowest BCUT2D eigenvalue weighted by molar-refractivity contribution is -0.152. The average molecular weight is 168 g/mol. The molecule has 0 aromatic rings. The molecule has 0 saturated carbocycles. The van der Waals surface area contributed by atoms with Gasteiger partial charge in [0.05, 0.1) is 6.61 Å². The second-order valence-corrected chi connectivity index (χ2v) is 1.40. The highest BCUT2D eigenvalue weighted by atomic mass is 19.3. The van der Waals surface area contributed by atoms with Gasteiger partial charge in [0.25, 0.3) is 0 Å². The second-order valence-electron chi connectivity index (χ2n) is 1.40. The Morgan fingerprint density at radius 2 is 2.00 bits per heavy atom. The van der Waals surface area contributed by atoms with E-state index in [2.05, 4.69) is 9.47 Å². The minimum atomic E-state index is -3.31. The van der Waals surface area contributed by atoms with Gasteiger partial charge < -0.3 is 9.47 Å². The van der Waals surface area contributed by atoms with Crippen LogP contribution in [-0.4, -0.2) is 25.2 Å². The van der Waals surface area contributed by atoms with Crippen molar-refractivity contribution in [2.45, 2.75) is 13.3 Å². The molecule has 0 fully saturated rings. The molecule has 0 amide bonds. The molecular formula is C5H6F2O4. The van der Waals surface area contributed by atoms with Crippen molar-refractivity contribution in [3.05, 3.63) is 0 Å². The van der Waals surface area contributed by atoms with E-state index in [-0.39, 0.29) is 6.61 Å². The van der Waals surface area contributed by atoms with Gasteiger partial charge in [-0.1, -0.05) is 0 Å². The highest BCUT2D eigenvalue weighted by Crippen LogP contribution is 1.96. The monoisotopic (exact) mass is 168 g/mol. The van der Waals surface area contributed by atoms with Gasteiger partial charge in [0, 0.05) is 0 Å². The number of carbonyl (C=O) groups is 2. The number of esters is 1. The Labute approximate surface area is 61.1 Å². The predicted octanol–water partition coefficient (Wildman–Crippen LogP) is 0.951. The molecule has 0 aromatic carbocycles. The highest BCUT2D eigenvalue weighted by molar-refractivity contribution is 5.83. The third-order valence-electron chi connectivity index (χ3n) is 0.624. The van der Waals surface area contributed by atoms with Gasteiger partial charge >= 0.3 is 18.6 Å². The zero-order chi connectivity index (χ0) is 8.85. The summed E-state index contributed by atoms with van der Waals surface area (Å²) in [5.74, 6) is -1.90. The third kappa shape index (κ3) is 4.24. The molecule has 0 aliphatic heterocycles. The fraction of sp³-hybridized carbons (Fsp3) is 0.600. The number of halogens is 2. The Bertz CT molecular complexity index is 157. The summed E-state index contributed by atoms with van der Waals surface area (Å²) in [5.41, 5.74) is 0. The molecule has 0 aliphatic rings. The normalized spacial score (nSPS) is 9.45. The van der Waals surface area contributed by atoms with Crippen molar-refractivity contribution >= 4 is 12.1 Å².